The molecule has 2 aliphatic heterocycles. The molecule has 9 heteroatoms. The van der Waals surface area contributed by atoms with Gasteiger partial charge in [-0.1, -0.05) is 6.07 Å². The van der Waals surface area contributed by atoms with Gasteiger partial charge in [-0.2, -0.15) is 11.8 Å². The normalized spacial score (nSPS) is 19.8. The lowest BCUT2D eigenvalue weighted by atomic mass is 9.93. The number of amides is 2. The summed E-state index contributed by atoms with van der Waals surface area (Å²) in [7, 11) is 3.21. The second-order valence-corrected chi connectivity index (χ2v) is 8.26. The van der Waals surface area contributed by atoms with E-state index in [2.05, 4.69) is 15.5 Å². The molecule has 0 saturated carbocycles. The minimum absolute atomic E-state index is 0.258. The van der Waals surface area contributed by atoms with Crippen LogP contribution >= 0.6 is 11.8 Å². The van der Waals surface area contributed by atoms with Crippen molar-refractivity contribution >= 4 is 23.8 Å². The lowest BCUT2D eigenvalue weighted by Gasteiger charge is -2.33. The van der Waals surface area contributed by atoms with Crippen molar-refractivity contribution in [3.63, 3.8) is 0 Å². The van der Waals surface area contributed by atoms with Crippen LogP contribution in [0.1, 0.15) is 24.1 Å². The van der Waals surface area contributed by atoms with Crippen LogP contribution in [0.3, 0.4) is 0 Å². The number of hydrogen-bond donors (Lipinski definition) is 2. The van der Waals surface area contributed by atoms with E-state index in [9.17, 15) is 9.59 Å². The Morgan fingerprint density at radius 2 is 2.03 bits per heavy atom. The van der Waals surface area contributed by atoms with Crippen LogP contribution in [0.25, 0.3) is 0 Å². The van der Waals surface area contributed by atoms with Crippen molar-refractivity contribution < 1.29 is 23.8 Å². The molecule has 1 fully saturated rings. The number of methoxy groups -OCH3 is 2. The van der Waals surface area contributed by atoms with E-state index < -0.39 is 12.0 Å². The zero-order chi connectivity index (χ0) is 21.5. The molecule has 0 aromatic heterocycles. The maximum atomic E-state index is 12.9. The number of hydrogen-bond acceptors (Lipinski definition) is 7. The molecule has 0 spiro atoms. The predicted molar refractivity (Wildman–Crippen MR) is 116 cm³/mol. The molecule has 2 amide bonds. The van der Waals surface area contributed by atoms with Gasteiger partial charge in [0.05, 0.1) is 31.9 Å². The Balaban J connectivity index is 2.01. The zero-order valence-corrected chi connectivity index (χ0v) is 18.5. The molecule has 1 atom stereocenters. The summed E-state index contributed by atoms with van der Waals surface area (Å²) in [6.45, 7) is 4.71. The average molecular weight is 436 g/mol. The third-order valence-electron chi connectivity index (χ3n) is 5.07. The van der Waals surface area contributed by atoms with Crippen LogP contribution in [-0.2, 0) is 20.9 Å². The second kappa shape index (κ2) is 10.7. The van der Waals surface area contributed by atoms with Gasteiger partial charge in [0.2, 0.25) is 0 Å². The van der Waals surface area contributed by atoms with Gasteiger partial charge in [-0.25, -0.2) is 9.59 Å². The minimum Gasteiger partial charge on any atom is -0.496 e. The zero-order valence-electron chi connectivity index (χ0n) is 17.7. The Bertz CT molecular complexity index is 808. The summed E-state index contributed by atoms with van der Waals surface area (Å²) in [5.74, 6) is 2.33. The van der Waals surface area contributed by atoms with E-state index in [4.69, 9.17) is 14.2 Å². The molecule has 2 N–H and O–H groups in total. The lowest BCUT2D eigenvalue weighted by Crippen LogP contribution is -2.49. The monoisotopic (exact) mass is 435 g/mol. The van der Waals surface area contributed by atoms with E-state index in [1.165, 1.54) is 0 Å². The molecule has 1 aromatic carbocycles. The van der Waals surface area contributed by atoms with Crippen LogP contribution < -0.4 is 15.4 Å². The van der Waals surface area contributed by atoms with Crippen LogP contribution in [0.5, 0.6) is 5.75 Å². The van der Waals surface area contributed by atoms with E-state index in [0.717, 1.165) is 35.7 Å². The summed E-state index contributed by atoms with van der Waals surface area (Å²) in [5.41, 5.74) is 2.64. The predicted octanol–water partition coefficient (Wildman–Crippen LogP) is 2.06. The summed E-state index contributed by atoms with van der Waals surface area (Å²) in [6, 6.07) is 4.62. The number of nitrogens with one attached hydrogen (secondary N) is 2. The minimum atomic E-state index is -0.617. The summed E-state index contributed by atoms with van der Waals surface area (Å²) < 4.78 is 16.0. The number of nitrogens with zero attached hydrogens (tertiary/aromatic N) is 1. The molecule has 3 rings (SSSR count). The van der Waals surface area contributed by atoms with Crippen molar-refractivity contribution in [1.29, 1.82) is 0 Å². The Morgan fingerprint density at radius 1 is 1.27 bits per heavy atom. The van der Waals surface area contributed by atoms with Gasteiger partial charge >= 0.3 is 12.0 Å². The molecular weight excluding hydrogens is 406 g/mol. The highest BCUT2D eigenvalue weighted by Crippen LogP contribution is 2.31. The highest BCUT2D eigenvalue weighted by Gasteiger charge is 2.34. The van der Waals surface area contributed by atoms with Gasteiger partial charge in [0.25, 0.3) is 0 Å². The fourth-order valence-corrected chi connectivity index (χ4v) is 4.65. The van der Waals surface area contributed by atoms with Crippen LogP contribution in [0.15, 0.2) is 29.5 Å². The Kier molecular flexibility index (Phi) is 8.01. The third-order valence-corrected chi connectivity index (χ3v) is 6.01. The summed E-state index contributed by atoms with van der Waals surface area (Å²) in [5, 5.41) is 5.73. The van der Waals surface area contributed by atoms with E-state index in [0.29, 0.717) is 30.2 Å². The molecule has 1 aromatic rings. The van der Waals surface area contributed by atoms with E-state index in [1.54, 1.807) is 21.1 Å². The smallest absolute Gasteiger partial charge is 0.338 e. The molecule has 2 aliphatic rings. The molecule has 164 valence electrons. The Morgan fingerprint density at radius 3 is 2.70 bits per heavy atom. The molecule has 1 saturated heterocycles. The number of esters is 1. The first-order valence-corrected chi connectivity index (χ1v) is 11.2. The molecule has 0 aliphatic carbocycles. The number of carbonyl (C=O) groups is 2. The van der Waals surface area contributed by atoms with Crippen molar-refractivity contribution in [2.75, 3.05) is 52.0 Å². The maximum Gasteiger partial charge on any atom is 0.338 e. The molecule has 8 nitrogen and oxygen atoms in total. The van der Waals surface area contributed by atoms with Crippen molar-refractivity contribution in [3.05, 3.63) is 40.6 Å². The van der Waals surface area contributed by atoms with Crippen molar-refractivity contribution in [3.8, 4) is 5.75 Å². The second-order valence-electron chi connectivity index (χ2n) is 7.04. The standard InChI is InChI=1S/C21H29N3O5S/c1-4-29-20(25)18-16(12-24-7-9-30-10-8-24)22-21(26)23-19(18)14-5-6-17(28-3)15(11-14)13-27-2/h5-6,11,19H,4,7-10,12-13H2,1-3H3,(H2,22,23,26). The Hall–Kier alpha value is -2.23. The molecule has 2 heterocycles. The van der Waals surface area contributed by atoms with Crippen LogP contribution in [0.4, 0.5) is 4.79 Å². The van der Waals surface area contributed by atoms with Crippen LogP contribution in [0, 0.1) is 0 Å². The van der Waals surface area contributed by atoms with Gasteiger partial charge in [0.15, 0.2) is 0 Å². The van der Waals surface area contributed by atoms with Crippen LogP contribution in [-0.4, -0.2) is 68.9 Å². The number of benzene rings is 1. The SMILES string of the molecule is CCOC(=O)C1=C(CN2CCSCC2)NC(=O)NC1c1ccc(OC)c(COC)c1. The largest absolute Gasteiger partial charge is 0.496 e. The van der Waals surface area contributed by atoms with Gasteiger partial charge in [0, 0.05) is 49.5 Å². The first-order chi connectivity index (χ1) is 14.6. The molecule has 1 unspecified atom stereocenters. The molecule has 0 bridgehead atoms. The summed E-state index contributed by atoms with van der Waals surface area (Å²) >= 11 is 1.91. The molecular formula is C21H29N3O5S. The van der Waals surface area contributed by atoms with Crippen molar-refractivity contribution in [2.45, 2.75) is 19.6 Å². The average Bonchev–Trinajstić information content (AvgIpc) is 2.74. The van der Waals surface area contributed by atoms with Gasteiger partial charge < -0.3 is 24.8 Å². The summed E-state index contributed by atoms with van der Waals surface area (Å²) in [6.07, 6.45) is 0. The van der Waals surface area contributed by atoms with E-state index in [-0.39, 0.29) is 12.6 Å². The fourth-order valence-electron chi connectivity index (χ4n) is 3.67. The number of rotatable bonds is 8. The first kappa shape index (κ1) is 22.5. The summed E-state index contributed by atoms with van der Waals surface area (Å²) in [4.78, 5) is 27.7. The maximum absolute atomic E-state index is 12.9. The lowest BCUT2D eigenvalue weighted by molar-refractivity contribution is -0.139. The van der Waals surface area contributed by atoms with Crippen molar-refractivity contribution in [2.24, 2.45) is 0 Å². The van der Waals surface area contributed by atoms with Crippen molar-refractivity contribution in [1.82, 2.24) is 15.5 Å². The number of carbonyl (C=O) groups excluding carboxylic acids is 2. The first-order valence-electron chi connectivity index (χ1n) is 10.0. The third kappa shape index (κ3) is 5.27. The highest BCUT2D eigenvalue weighted by molar-refractivity contribution is 7.99. The highest BCUT2D eigenvalue weighted by atomic mass is 32.2. The quantitative estimate of drug-likeness (QED) is 0.604. The van der Waals surface area contributed by atoms with Gasteiger partial charge in [0.1, 0.15) is 5.75 Å². The number of ether oxygens (including phenoxy) is 3. The van der Waals surface area contributed by atoms with E-state index >= 15 is 0 Å². The van der Waals surface area contributed by atoms with Gasteiger partial charge in [-0.05, 0) is 24.6 Å². The molecule has 30 heavy (non-hydrogen) atoms. The van der Waals surface area contributed by atoms with Gasteiger partial charge in [-0.15, -0.1) is 0 Å². The number of thioether (sulfide) groups is 1. The Labute approximate surface area is 181 Å². The van der Waals surface area contributed by atoms with E-state index in [1.807, 2.05) is 30.0 Å². The van der Waals surface area contributed by atoms with Gasteiger partial charge in [-0.3, -0.25) is 4.90 Å². The fraction of sp³-hybridized carbons (Fsp3) is 0.524. The molecule has 0 radical (unpaired) electrons. The van der Waals surface area contributed by atoms with Crippen LogP contribution in [0.2, 0.25) is 0 Å². The number of urea groups is 1. The topological polar surface area (TPSA) is 89.1 Å².